The minimum absolute atomic E-state index is 0.743. The second kappa shape index (κ2) is 13.7. The molecule has 39 heavy (non-hydrogen) atoms. The van der Waals surface area contributed by atoms with Gasteiger partial charge in [-0.25, -0.2) is 9.78 Å². The number of hydrogen-bond acceptors (Lipinski definition) is 10. The number of nitrogens with zero attached hydrogens (tertiary/aromatic N) is 2. The largest absolute Gasteiger partial charge is 0.497 e. The lowest BCUT2D eigenvalue weighted by molar-refractivity contribution is -0.170. The lowest BCUT2D eigenvalue weighted by atomic mass is 9.96. The number of aromatic nitrogens is 1. The van der Waals surface area contributed by atoms with E-state index < -0.39 is 36.4 Å². The van der Waals surface area contributed by atoms with E-state index in [0.29, 0.717) is 0 Å². The summed E-state index contributed by atoms with van der Waals surface area (Å²) in [5.41, 5.74) is -0.792. The summed E-state index contributed by atoms with van der Waals surface area (Å²) in [6, 6.07) is 14.0. The van der Waals surface area contributed by atoms with Crippen LogP contribution in [0.5, 0.6) is 11.5 Å². The number of anilines is 2. The van der Waals surface area contributed by atoms with Crippen molar-refractivity contribution in [1.29, 1.82) is 0 Å². The van der Waals surface area contributed by atoms with E-state index in [2.05, 4.69) is 15.2 Å². The number of fused-ring (bicyclic) bond motifs is 1. The molecular weight excluding hydrogens is 530 g/mol. The molecule has 1 aliphatic heterocycles. The number of rotatable bonds is 12. The highest BCUT2D eigenvalue weighted by molar-refractivity contribution is 7.22. The molecule has 1 aliphatic rings. The fourth-order valence-corrected chi connectivity index (χ4v) is 4.72. The minimum Gasteiger partial charge on any atom is -0.497 e. The third kappa shape index (κ3) is 9.09. The number of nitrogens with one attached hydrogen (secondary N) is 1. The van der Waals surface area contributed by atoms with Crippen LogP contribution in [0, 0.1) is 0 Å². The molecule has 5 N–H and O–H groups in total. The zero-order valence-corrected chi connectivity index (χ0v) is 22.1. The second-order valence-electron chi connectivity index (χ2n) is 8.88. The van der Waals surface area contributed by atoms with E-state index in [-0.39, 0.29) is 0 Å². The number of methoxy groups -OCH3 is 1. The molecule has 3 aromatic rings. The number of hydrogen-bond donors (Lipinski definition) is 5. The standard InChI is InChI=1S/C20H23N3O2S.C6H8O7/c1-24-17-8-9-19-18(14-17)22-20(26-19)21-15-4-6-16(7-5-15)25-13-12-23-10-2-3-11-23;7-3(8)1-6(13,5(11)12)2-4(9)10/h4-9,14H,2-3,10-13H2,1H3,(H,21,22);13H,1-2H2,(H,7,8)(H,9,10)(H,11,12). The van der Waals surface area contributed by atoms with Crippen LogP contribution in [-0.2, 0) is 14.4 Å². The molecule has 0 spiro atoms. The Kier molecular flexibility index (Phi) is 10.4. The topological polar surface area (TPSA) is 179 Å². The Morgan fingerprint density at radius 1 is 1.00 bits per heavy atom. The van der Waals surface area contributed by atoms with Crippen LogP contribution < -0.4 is 14.8 Å². The molecule has 2 aromatic carbocycles. The van der Waals surface area contributed by atoms with Crippen LogP contribution in [0.2, 0.25) is 0 Å². The van der Waals surface area contributed by atoms with Crippen LogP contribution in [0.15, 0.2) is 42.5 Å². The second-order valence-corrected chi connectivity index (χ2v) is 9.91. The van der Waals surface area contributed by atoms with Gasteiger partial charge in [-0.2, -0.15) is 0 Å². The molecule has 0 atom stereocenters. The molecule has 0 unspecified atom stereocenters. The first kappa shape index (κ1) is 29.6. The summed E-state index contributed by atoms with van der Waals surface area (Å²) in [6.45, 7) is 4.17. The van der Waals surface area contributed by atoms with Crippen LogP contribution in [0.1, 0.15) is 25.7 Å². The van der Waals surface area contributed by atoms with Crippen molar-refractivity contribution in [3.05, 3.63) is 42.5 Å². The first-order valence-electron chi connectivity index (χ1n) is 12.1. The van der Waals surface area contributed by atoms with Gasteiger partial charge < -0.3 is 35.2 Å². The molecule has 0 bridgehead atoms. The van der Waals surface area contributed by atoms with Crippen LogP contribution >= 0.6 is 11.3 Å². The molecule has 4 rings (SSSR count). The van der Waals surface area contributed by atoms with Gasteiger partial charge in [-0.3, -0.25) is 14.5 Å². The quantitative estimate of drug-likeness (QED) is 0.218. The number of thiazole rings is 1. The molecule has 1 saturated heterocycles. The van der Waals surface area contributed by atoms with Gasteiger partial charge in [-0.15, -0.1) is 0 Å². The molecule has 1 fully saturated rings. The summed E-state index contributed by atoms with van der Waals surface area (Å²) in [5, 5.41) is 38.0. The van der Waals surface area contributed by atoms with Crippen molar-refractivity contribution in [2.45, 2.75) is 31.3 Å². The van der Waals surface area contributed by atoms with E-state index >= 15 is 0 Å². The molecule has 0 aliphatic carbocycles. The molecule has 0 saturated carbocycles. The lowest BCUT2D eigenvalue weighted by Gasteiger charge is -2.18. The van der Waals surface area contributed by atoms with E-state index in [9.17, 15) is 14.4 Å². The Labute approximate surface area is 228 Å². The fraction of sp³-hybridized carbons (Fsp3) is 0.385. The smallest absolute Gasteiger partial charge is 0.336 e. The summed E-state index contributed by atoms with van der Waals surface area (Å²) in [6.07, 6.45) is 0.348. The van der Waals surface area contributed by atoms with Crippen LogP contribution in [-0.4, -0.2) is 87.2 Å². The Hall–Kier alpha value is -3.94. The molecule has 12 nitrogen and oxygen atoms in total. The summed E-state index contributed by atoms with van der Waals surface area (Å²) in [4.78, 5) is 37.6. The Balaban J connectivity index is 0.000000276. The maximum absolute atomic E-state index is 10.3. The SMILES string of the molecule is COc1ccc2sc(Nc3ccc(OCCN4CCCC4)cc3)nc2c1.O=C(O)CC(O)(CC(=O)O)C(=O)O. The van der Waals surface area contributed by atoms with Crippen molar-refractivity contribution in [1.82, 2.24) is 9.88 Å². The van der Waals surface area contributed by atoms with Gasteiger partial charge in [0.25, 0.3) is 0 Å². The van der Waals surface area contributed by atoms with Crippen LogP contribution in [0.4, 0.5) is 10.8 Å². The maximum Gasteiger partial charge on any atom is 0.336 e. The van der Waals surface area contributed by atoms with E-state index in [1.807, 2.05) is 42.5 Å². The van der Waals surface area contributed by atoms with Crippen molar-refractivity contribution in [3.63, 3.8) is 0 Å². The number of likely N-dealkylation sites (tertiary alicyclic amines) is 1. The van der Waals surface area contributed by atoms with Gasteiger partial charge in [0.1, 0.15) is 18.1 Å². The highest BCUT2D eigenvalue weighted by Gasteiger charge is 2.40. The third-order valence-corrected chi connectivity index (χ3v) is 6.81. The zero-order chi connectivity index (χ0) is 28.4. The van der Waals surface area contributed by atoms with Gasteiger partial charge in [0.05, 0.1) is 30.2 Å². The van der Waals surface area contributed by atoms with Crippen LogP contribution in [0.3, 0.4) is 0 Å². The van der Waals surface area contributed by atoms with Gasteiger partial charge in [0, 0.05) is 18.3 Å². The van der Waals surface area contributed by atoms with Gasteiger partial charge in [-0.1, -0.05) is 11.3 Å². The van der Waals surface area contributed by atoms with Crippen molar-refractivity contribution >= 4 is 50.3 Å². The number of carboxylic acid groups (broad SMARTS) is 3. The van der Waals surface area contributed by atoms with Crippen molar-refractivity contribution in [2.24, 2.45) is 0 Å². The van der Waals surface area contributed by atoms with E-state index in [0.717, 1.165) is 45.7 Å². The predicted molar refractivity (Wildman–Crippen MR) is 144 cm³/mol. The van der Waals surface area contributed by atoms with Gasteiger partial charge >= 0.3 is 17.9 Å². The summed E-state index contributed by atoms with van der Waals surface area (Å²) < 4.78 is 12.2. The summed E-state index contributed by atoms with van der Waals surface area (Å²) >= 11 is 1.63. The van der Waals surface area contributed by atoms with Crippen LogP contribution in [0.25, 0.3) is 10.2 Å². The first-order chi connectivity index (χ1) is 18.6. The molecule has 1 aromatic heterocycles. The number of aliphatic carboxylic acids is 3. The molecule has 210 valence electrons. The minimum atomic E-state index is -2.74. The van der Waals surface area contributed by atoms with Gasteiger partial charge in [-0.05, 0) is 62.3 Å². The summed E-state index contributed by atoms with van der Waals surface area (Å²) in [7, 11) is 1.67. The molecule has 0 radical (unpaired) electrons. The number of benzene rings is 2. The molecule has 13 heteroatoms. The highest BCUT2D eigenvalue weighted by atomic mass is 32.1. The Morgan fingerprint density at radius 2 is 1.62 bits per heavy atom. The number of aliphatic hydroxyl groups is 1. The van der Waals surface area contributed by atoms with Gasteiger partial charge in [0.15, 0.2) is 10.7 Å². The highest BCUT2D eigenvalue weighted by Crippen LogP contribution is 2.31. The average Bonchev–Trinajstić information content (AvgIpc) is 3.53. The first-order valence-corrected chi connectivity index (χ1v) is 13.0. The predicted octanol–water partition coefficient (Wildman–Crippen LogP) is 3.27. The third-order valence-electron chi connectivity index (χ3n) is 5.86. The van der Waals surface area contributed by atoms with Crippen molar-refractivity contribution in [2.75, 3.05) is 38.7 Å². The maximum atomic E-state index is 10.3. The number of carboxylic acids is 3. The monoisotopic (exact) mass is 561 g/mol. The fourth-order valence-electron chi connectivity index (χ4n) is 3.86. The van der Waals surface area contributed by atoms with Crippen molar-refractivity contribution < 1.29 is 44.3 Å². The zero-order valence-electron chi connectivity index (χ0n) is 21.3. The number of ether oxygens (including phenoxy) is 2. The Morgan fingerprint density at radius 3 is 2.18 bits per heavy atom. The lowest BCUT2D eigenvalue weighted by Crippen LogP contribution is -2.42. The summed E-state index contributed by atoms with van der Waals surface area (Å²) in [5.74, 6) is -3.29. The molecule has 0 amide bonds. The van der Waals surface area contributed by atoms with E-state index in [4.69, 9.17) is 29.9 Å². The number of carbonyl (C=O) groups is 3. The van der Waals surface area contributed by atoms with Crippen molar-refractivity contribution in [3.8, 4) is 11.5 Å². The normalized spacial score (nSPS) is 13.4. The van der Waals surface area contributed by atoms with E-state index in [1.54, 1.807) is 18.4 Å². The molecular formula is C26H31N3O9S. The molecule has 2 heterocycles. The van der Waals surface area contributed by atoms with E-state index in [1.165, 1.54) is 25.9 Å². The Bertz CT molecular complexity index is 1260. The average molecular weight is 562 g/mol. The van der Waals surface area contributed by atoms with Gasteiger partial charge in [0.2, 0.25) is 0 Å².